The number of nitrogens with zero attached hydrogens (tertiary/aromatic N) is 4. The molecule has 3 aromatic rings. The van der Waals surface area contributed by atoms with Crippen LogP contribution in [0.4, 0.5) is 0 Å². The fraction of sp³-hybridized carbons (Fsp3) is 0.333. The number of hydrogen-bond donors (Lipinski definition) is 0. The zero-order valence-electron chi connectivity index (χ0n) is 15.5. The lowest BCUT2D eigenvalue weighted by molar-refractivity contribution is -0.140. The Morgan fingerprint density at radius 2 is 1.89 bits per heavy atom. The molecule has 0 aliphatic heterocycles. The molecule has 2 aromatic heterocycles. The Morgan fingerprint density at radius 1 is 1.11 bits per heavy atom. The number of carbonyl (C=O) groups excluding carboxylic acids is 1. The summed E-state index contributed by atoms with van der Waals surface area (Å²) in [6, 6.07) is 9.12. The van der Waals surface area contributed by atoms with Crippen molar-refractivity contribution in [2.45, 2.75) is 23.6 Å². The second-order valence-electron chi connectivity index (χ2n) is 5.57. The molecule has 0 aliphatic rings. The Bertz CT molecular complexity index is 960. The second-order valence-corrected chi connectivity index (χ2v) is 6.80. The molecule has 0 N–H and O–H groups in total. The number of esters is 1. The summed E-state index contributed by atoms with van der Waals surface area (Å²) in [5.74, 6) is 1.52. The van der Waals surface area contributed by atoms with Crippen LogP contribution in [0.2, 0.25) is 0 Å². The van der Waals surface area contributed by atoms with E-state index in [1.165, 1.54) is 18.9 Å². The van der Waals surface area contributed by atoms with Gasteiger partial charge in [0.05, 0.1) is 21.3 Å². The van der Waals surface area contributed by atoms with Crippen molar-refractivity contribution in [1.29, 1.82) is 0 Å². The predicted octanol–water partition coefficient (Wildman–Crippen LogP) is 2.85. The average Bonchev–Trinajstić information content (AvgIpc) is 3.14. The Morgan fingerprint density at radius 3 is 2.56 bits per heavy atom. The van der Waals surface area contributed by atoms with Crippen LogP contribution in [0, 0.1) is 0 Å². The van der Waals surface area contributed by atoms with E-state index in [9.17, 15) is 4.79 Å². The van der Waals surface area contributed by atoms with Gasteiger partial charge in [0, 0.05) is 5.56 Å². The summed E-state index contributed by atoms with van der Waals surface area (Å²) in [6.07, 6.45) is 0.641. The van der Waals surface area contributed by atoms with Crippen molar-refractivity contribution in [3.05, 3.63) is 30.3 Å². The van der Waals surface area contributed by atoms with Gasteiger partial charge in [0.25, 0.3) is 0 Å². The van der Waals surface area contributed by atoms with Crippen molar-refractivity contribution in [3.8, 4) is 22.9 Å². The Labute approximate surface area is 160 Å². The van der Waals surface area contributed by atoms with E-state index in [0.717, 1.165) is 5.56 Å². The smallest absolute Gasteiger partial charge is 0.319 e. The highest BCUT2D eigenvalue weighted by Crippen LogP contribution is 2.32. The number of rotatable bonds is 7. The van der Waals surface area contributed by atoms with Gasteiger partial charge in [0.1, 0.15) is 10.3 Å². The lowest BCUT2D eigenvalue weighted by Gasteiger charge is -2.11. The molecular weight excluding hydrogens is 368 g/mol. The quantitative estimate of drug-likeness (QED) is 0.451. The van der Waals surface area contributed by atoms with Crippen LogP contribution in [0.1, 0.15) is 13.3 Å². The molecule has 9 heteroatoms. The van der Waals surface area contributed by atoms with Gasteiger partial charge in [0.2, 0.25) is 0 Å². The number of methoxy groups -OCH3 is 3. The topological polar surface area (TPSA) is 87.8 Å². The predicted molar refractivity (Wildman–Crippen MR) is 101 cm³/mol. The summed E-state index contributed by atoms with van der Waals surface area (Å²) < 4.78 is 17.1. The van der Waals surface area contributed by atoms with E-state index in [1.807, 2.05) is 31.2 Å². The SMILES string of the molecule is CC[C@@H](Sc1ccc2nnc(-c3ccc(OC)c(OC)c3)n2n1)C(=O)OC. The summed E-state index contributed by atoms with van der Waals surface area (Å²) in [4.78, 5) is 11.9. The van der Waals surface area contributed by atoms with Crippen molar-refractivity contribution >= 4 is 23.4 Å². The molecule has 8 nitrogen and oxygen atoms in total. The lowest BCUT2D eigenvalue weighted by atomic mass is 10.2. The zero-order chi connectivity index (χ0) is 19.4. The van der Waals surface area contributed by atoms with Gasteiger partial charge in [-0.25, -0.2) is 0 Å². The maximum atomic E-state index is 11.9. The molecule has 0 bridgehead atoms. The molecule has 0 saturated heterocycles. The third kappa shape index (κ3) is 3.82. The molecule has 142 valence electrons. The zero-order valence-corrected chi connectivity index (χ0v) is 16.3. The van der Waals surface area contributed by atoms with E-state index in [2.05, 4.69) is 15.3 Å². The van der Waals surface area contributed by atoms with Crippen molar-refractivity contribution in [3.63, 3.8) is 0 Å². The normalized spacial score (nSPS) is 12.0. The molecule has 1 aromatic carbocycles. The van der Waals surface area contributed by atoms with Crippen molar-refractivity contribution in [2.75, 3.05) is 21.3 Å². The monoisotopic (exact) mass is 388 g/mol. The fourth-order valence-corrected chi connectivity index (χ4v) is 3.49. The Kier molecular flexibility index (Phi) is 5.80. The molecule has 1 atom stereocenters. The molecule has 3 rings (SSSR count). The van der Waals surface area contributed by atoms with Gasteiger partial charge in [-0.2, -0.15) is 9.61 Å². The van der Waals surface area contributed by atoms with Crippen molar-refractivity contribution in [1.82, 2.24) is 19.8 Å². The highest BCUT2D eigenvalue weighted by atomic mass is 32.2. The first-order valence-corrected chi connectivity index (χ1v) is 9.18. The first kappa shape index (κ1) is 19.0. The van der Waals surface area contributed by atoms with Crippen LogP contribution in [0.3, 0.4) is 0 Å². The minimum absolute atomic E-state index is 0.270. The van der Waals surface area contributed by atoms with Crippen molar-refractivity contribution < 1.29 is 19.0 Å². The van der Waals surface area contributed by atoms with Crippen LogP contribution in [0.5, 0.6) is 11.5 Å². The highest BCUT2D eigenvalue weighted by Gasteiger charge is 2.20. The van der Waals surface area contributed by atoms with Crippen LogP contribution in [-0.4, -0.2) is 52.4 Å². The van der Waals surface area contributed by atoms with E-state index in [4.69, 9.17) is 14.2 Å². The van der Waals surface area contributed by atoms with Gasteiger partial charge < -0.3 is 14.2 Å². The van der Waals surface area contributed by atoms with E-state index < -0.39 is 0 Å². The van der Waals surface area contributed by atoms with Gasteiger partial charge in [-0.1, -0.05) is 18.7 Å². The van der Waals surface area contributed by atoms with Gasteiger partial charge in [-0.3, -0.25) is 4.79 Å². The van der Waals surface area contributed by atoms with Gasteiger partial charge in [0.15, 0.2) is 23.0 Å². The molecule has 0 aliphatic carbocycles. The minimum Gasteiger partial charge on any atom is -0.493 e. The van der Waals surface area contributed by atoms with Crippen LogP contribution in [-0.2, 0) is 9.53 Å². The molecule has 0 amide bonds. The van der Waals surface area contributed by atoms with E-state index in [0.29, 0.717) is 34.4 Å². The first-order valence-electron chi connectivity index (χ1n) is 8.30. The molecule has 27 heavy (non-hydrogen) atoms. The molecule has 0 spiro atoms. The van der Waals surface area contributed by atoms with Crippen LogP contribution >= 0.6 is 11.8 Å². The van der Waals surface area contributed by atoms with Crippen LogP contribution in [0.15, 0.2) is 35.4 Å². The standard InChI is InChI=1S/C18H20N4O4S/c1-5-14(18(23)26-4)27-16-9-8-15-19-20-17(22(15)21-16)11-6-7-12(24-2)13(10-11)25-3/h6-10,14H,5H2,1-4H3/t14-/m1/s1. The molecule has 0 saturated carbocycles. The minimum atomic E-state index is -0.319. The summed E-state index contributed by atoms with van der Waals surface area (Å²) in [5.41, 5.74) is 1.39. The van der Waals surface area contributed by atoms with Crippen molar-refractivity contribution in [2.24, 2.45) is 0 Å². The number of thioether (sulfide) groups is 1. The van der Waals surface area contributed by atoms with E-state index in [1.54, 1.807) is 24.8 Å². The second kappa shape index (κ2) is 8.26. The number of hydrogen-bond acceptors (Lipinski definition) is 8. The maximum Gasteiger partial charge on any atom is 0.319 e. The van der Waals surface area contributed by atoms with Gasteiger partial charge in [-0.05, 0) is 36.8 Å². The summed E-state index contributed by atoms with van der Waals surface area (Å²) in [7, 11) is 4.55. The Hall–Kier alpha value is -2.81. The van der Waals surface area contributed by atoms with Gasteiger partial charge in [-0.15, -0.1) is 10.2 Å². The lowest BCUT2D eigenvalue weighted by Crippen LogP contribution is -2.18. The van der Waals surface area contributed by atoms with Crippen LogP contribution in [0.25, 0.3) is 17.0 Å². The average molecular weight is 388 g/mol. The number of carbonyl (C=O) groups is 1. The number of aromatic nitrogens is 4. The molecule has 0 fully saturated rings. The van der Waals surface area contributed by atoms with Gasteiger partial charge >= 0.3 is 5.97 Å². The third-order valence-electron chi connectivity index (χ3n) is 3.98. The molecular formula is C18H20N4O4S. The number of ether oxygens (including phenoxy) is 3. The summed E-state index contributed by atoms with van der Waals surface area (Å²) in [5, 5.41) is 13.4. The largest absolute Gasteiger partial charge is 0.493 e. The van der Waals surface area contributed by atoms with E-state index in [-0.39, 0.29) is 11.2 Å². The maximum absolute atomic E-state index is 11.9. The first-order chi connectivity index (χ1) is 13.1. The number of fused-ring (bicyclic) bond motifs is 1. The summed E-state index contributed by atoms with van der Waals surface area (Å²) >= 11 is 1.35. The molecule has 2 heterocycles. The summed E-state index contributed by atoms with van der Waals surface area (Å²) in [6.45, 7) is 1.93. The highest BCUT2D eigenvalue weighted by molar-refractivity contribution is 8.00. The number of benzene rings is 1. The fourth-order valence-electron chi connectivity index (χ4n) is 2.57. The van der Waals surface area contributed by atoms with E-state index >= 15 is 0 Å². The molecule has 0 radical (unpaired) electrons. The third-order valence-corrected chi connectivity index (χ3v) is 5.25. The Balaban J connectivity index is 1.99. The molecule has 0 unspecified atom stereocenters. The van der Waals surface area contributed by atoms with Crippen LogP contribution < -0.4 is 9.47 Å².